The van der Waals surface area contributed by atoms with E-state index in [-0.39, 0.29) is 19.3 Å². The zero-order valence-electron chi connectivity index (χ0n) is 14.0. The normalized spacial score (nSPS) is 14.7. The number of carboxylic acids is 2. The van der Waals surface area contributed by atoms with E-state index in [0.717, 1.165) is 32.1 Å². The van der Waals surface area contributed by atoms with Crippen LogP contribution in [0.25, 0.3) is 0 Å². The molecule has 0 bridgehead atoms. The highest BCUT2D eigenvalue weighted by Crippen LogP contribution is 2.19. The third kappa shape index (κ3) is 11.6. The monoisotopic (exact) mass is 331 g/mol. The lowest BCUT2D eigenvalue weighted by atomic mass is 9.93. The molecule has 0 aliphatic carbocycles. The van der Waals surface area contributed by atoms with E-state index in [0.29, 0.717) is 6.42 Å². The van der Waals surface area contributed by atoms with E-state index in [2.05, 4.69) is 12.2 Å². The molecule has 0 aliphatic rings. The first-order chi connectivity index (χ1) is 10.7. The van der Waals surface area contributed by atoms with Gasteiger partial charge in [0.2, 0.25) is 5.91 Å². The van der Waals surface area contributed by atoms with Crippen molar-refractivity contribution < 1.29 is 29.7 Å². The van der Waals surface area contributed by atoms with Crippen LogP contribution in [0.2, 0.25) is 0 Å². The molecule has 7 heteroatoms. The highest BCUT2D eigenvalue weighted by Gasteiger charge is 2.27. The predicted molar refractivity (Wildman–Crippen MR) is 85.1 cm³/mol. The fraction of sp³-hybridized carbons (Fsp3) is 0.812. The van der Waals surface area contributed by atoms with Gasteiger partial charge in [0.05, 0.1) is 12.0 Å². The third-order valence-corrected chi connectivity index (χ3v) is 3.64. The summed E-state index contributed by atoms with van der Waals surface area (Å²) < 4.78 is 0. The average molecular weight is 331 g/mol. The Morgan fingerprint density at radius 2 is 1.70 bits per heavy atom. The number of carboxylic acid groups (broad SMARTS) is 2. The van der Waals surface area contributed by atoms with E-state index < -0.39 is 29.5 Å². The number of carbonyl (C=O) groups is 3. The van der Waals surface area contributed by atoms with Crippen molar-refractivity contribution in [3.8, 4) is 0 Å². The minimum atomic E-state index is -1.28. The Balaban J connectivity index is 4.25. The number of carbonyl (C=O) groups excluding carboxylic acids is 1. The number of rotatable bonds is 13. The van der Waals surface area contributed by atoms with Crippen molar-refractivity contribution in [3.05, 3.63) is 0 Å². The smallest absolute Gasteiger partial charge is 0.326 e. The van der Waals surface area contributed by atoms with Crippen LogP contribution in [0.15, 0.2) is 0 Å². The summed E-state index contributed by atoms with van der Waals surface area (Å²) in [6.45, 7) is 3.67. The van der Waals surface area contributed by atoms with Gasteiger partial charge in [0.1, 0.15) is 6.04 Å². The number of amides is 1. The molecule has 0 aromatic heterocycles. The Labute approximate surface area is 137 Å². The maximum Gasteiger partial charge on any atom is 0.326 e. The van der Waals surface area contributed by atoms with Crippen molar-refractivity contribution in [1.82, 2.24) is 5.32 Å². The van der Waals surface area contributed by atoms with Crippen molar-refractivity contribution in [2.75, 3.05) is 0 Å². The van der Waals surface area contributed by atoms with Gasteiger partial charge in [-0.3, -0.25) is 9.59 Å². The van der Waals surface area contributed by atoms with Crippen LogP contribution in [0.3, 0.4) is 0 Å². The van der Waals surface area contributed by atoms with Crippen LogP contribution < -0.4 is 5.32 Å². The van der Waals surface area contributed by atoms with Crippen molar-refractivity contribution in [2.45, 2.75) is 83.3 Å². The summed E-state index contributed by atoms with van der Waals surface area (Å²) in [5, 5.41) is 30.1. The van der Waals surface area contributed by atoms with E-state index in [1.165, 1.54) is 0 Å². The first-order valence-corrected chi connectivity index (χ1v) is 8.14. The van der Waals surface area contributed by atoms with Crippen molar-refractivity contribution >= 4 is 17.8 Å². The second kappa shape index (κ2) is 11.0. The predicted octanol–water partition coefficient (Wildman–Crippen LogP) is 1.92. The lowest BCUT2D eigenvalue weighted by Gasteiger charge is -2.23. The van der Waals surface area contributed by atoms with Gasteiger partial charge in [0.15, 0.2) is 0 Å². The van der Waals surface area contributed by atoms with Crippen molar-refractivity contribution in [1.29, 1.82) is 0 Å². The molecule has 1 amide bonds. The number of aliphatic carboxylic acids is 2. The molecule has 0 saturated heterocycles. The SMILES string of the molecule is CCCCCCCC(C)(O)CC(=O)N[C@@H](CCC(=O)O)C(=O)O. The topological polar surface area (TPSA) is 124 Å². The zero-order chi connectivity index (χ0) is 17.9. The largest absolute Gasteiger partial charge is 0.481 e. The maximum atomic E-state index is 11.9. The Morgan fingerprint density at radius 3 is 2.22 bits per heavy atom. The molecule has 2 atom stereocenters. The zero-order valence-corrected chi connectivity index (χ0v) is 14.0. The van der Waals surface area contributed by atoms with E-state index in [9.17, 15) is 19.5 Å². The molecule has 1 unspecified atom stereocenters. The molecule has 0 radical (unpaired) electrons. The van der Waals surface area contributed by atoms with Gasteiger partial charge in [-0.15, -0.1) is 0 Å². The molecule has 0 aromatic rings. The van der Waals surface area contributed by atoms with Gasteiger partial charge in [-0.25, -0.2) is 4.79 Å². The highest BCUT2D eigenvalue weighted by molar-refractivity contribution is 5.84. The van der Waals surface area contributed by atoms with Gasteiger partial charge in [-0.05, 0) is 19.8 Å². The van der Waals surface area contributed by atoms with Gasteiger partial charge in [-0.2, -0.15) is 0 Å². The standard InChI is InChI=1S/C16H29NO6/c1-3-4-5-6-7-10-16(2,23)11-13(18)17-12(15(21)22)8-9-14(19)20/h12,23H,3-11H2,1-2H3,(H,17,18)(H,19,20)(H,21,22)/t12-,16?/m0/s1. The first kappa shape index (κ1) is 21.4. The second-order valence-corrected chi connectivity index (χ2v) is 6.23. The molecule has 0 aromatic carbocycles. The molecule has 0 saturated carbocycles. The molecule has 134 valence electrons. The number of unbranched alkanes of at least 4 members (excludes halogenated alkanes) is 4. The van der Waals surface area contributed by atoms with Crippen LogP contribution in [0.4, 0.5) is 0 Å². The molecule has 7 nitrogen and oxygen atoms in total. The Bertz CT molecular complexity index is 394. The highest BCUT2D eigenvalue weighted by atomic mass is 16.4. The van der Waals surface area contributed by atoms with Gasteiger partial charge in [0.25, 0.3) is 0 Å². The van der Waals surface area contributed by atoms with E-state index >= 15 is 0 Å². The second-order valence-electron chi connectivity index (χ2n) is 6.23. The lowest BCUT2D eigenvalue weighted by molar-refractivity contribution is -0.143. The first-order valence-electron chi connectivity index (χ1n) is 8.14. The Kier molecular flexibility index (Phi) is 10.2. The summed E-state index contributed by atoms with van der Waals surface area (Å²) in [7, 11) is 0. The molecule has 23 heavy (non-hydrogen) atoms. The average Bonchev–Trinajstić information content (AvgIpc) is 2.42. The van der Waals surface area contributed by atoms with Gasteiger partial charge < -0.3 is 20.6 Å². The molecule has 0 rings (SSSR count). The number of nitrogens with one attached hydrogen (secondary N) is 1. The minimum Gasteiger partial charge on any atom is -0.481 e. The maximum absolute atomic E-state index is 11.9. The summed E-state index contributed by atoms with van der Waals surface area (Å²) in [6, 6.07) is -1.25. The summed E-state index contributed by atoms with van der Waals surface area (Å²) in [6.07, 6.45) is 4.91. The molecule has 0 spiro atoms. The quantitative estimate of drug-likeness (QED) is 0.382. The molecular formula is C16H29NO6. The third-order valence-electron chi connectivity index (χ3n) is 3.64. The van der Waals surface area contributed by atoms with Crippen LogP contribution in [0, 0.1) is 0 Å². The van der Waals surface area contributed by atoms with Crippen LogP contribution in [0.1, 0.15) is 71.6 Å². The number of hydrogen-bond donors (Lipinski definition) is 4. The van der Waals surface area contributed by atoms with Crippen LogP contribution in [-0.4, -0.2) is 44.8 Å². The fourth-order valence-corrected chi connectivity index (χ4v) is 2.31. The van der Waals surface area contributed by atoms with Crippen molar-refractivity contribution in [3.63, 3.8) is 0 Å². The van der Waals surface area contributed by atoms with E-state index in [1.54, 1.807) is 6.92 Å². The molecule has 0 heterocycles. The Hall–Kier alpha value is -1.63. The molecule has 4 N–H and O–H groups in total. The van der Waals surface area contributed by atoms with Crippen LogP contribution in [0.5, 0.6) is 0 Å². The van der Waals surface area contributed by atoms with E-state index in [1.807, 2.05) is 0 Å². The van der Waals surface area contributed by atoms with Crippen molar-refractivity contribution in [2.24, 2.45) is 0 Å². The van der Waals surface area contributed by atoms with Crippen LogP contribution >= 0.6 is 0 Å². The van der Waals surface area contributed by atoms with Crippen LogP contribution in [-0.2, 0) is 14.4 Å². The lowest BCUT2D eigenvalue weighted by Crippen LogP contribution is -2.44. The summed E-state index contributed by atoms with van der Waals surface area (Å²) in [4.78, 5) is 33.4. The fourth-order valence-electron chi connectivity index (χ4n) is 2.31. The minimum absolute atomic E-state index is 0.185. The summed E-state index contributed by atoms with van der Waals surface area (Å²) in [5.41, 5.74) is -1.19. The number of aliphatic hydroxyl groups is 1. The molecule has 0 fully saturated rings. The summed E-state index contributed by atoms with van der Waals surface area (Å²) in [5.74, 6) is -2.98. The van der Waals surface area contributed by atoms with Gasteiger partial charge >= 0.3 is 11.9 Å². The summed E-state index contributed by atoms with van der Waals surface area (Å²) >= 11 is 0. The Morgan fingerprint density at radius 1 is 1.09 bits per heavy atom. The molecular weight excluding hydrogens is 302 g/mol. The van der Waals surface area contributed by atoms with Gasteiger partial charge in [-0.1, -0.05) is 39.0 Å². The van der Waals surface area contributed by atoms with Gasteiger partial charge in [0, 0.05) is 6.42 Å². The number of hydrogen-bond acceptors (Lipinski definition) is 4. The molecule has 0 aliphatic heterocycles. The van der Waals surface area contributed by atoms with E-state index in [4.69, 9.17) is 10.2 Å².